The predicted octanol–water partition coefficient (Wildman–Crippen LogP) is 4.81. The van der Waals surface area contributed by atoms with Crippen LogP contribution in [0.2, 0.25) is 0 Å². The fourth-order valence-electron chi connectivity index (χ4n) is 3.97. The predicted molar refractivity (Wildman–Crippen MR) is 127 cm³/mol. The number of benzene rings is 3. The Morgan fingerprint density at radius 2 is 1.50 bits per heavy atom. The smallest absolute Gasteiger partial charge is 0.412 e. The Balaban J connectivity index is 1.39. The summed E-state index contributed by atoms with van der Waals surface area (Å²) in [5.41, 5.74) is 2.82. The minimum atomic E-state index is -0.447. The molecule has 0 bridgehead atoms. The normalized spacial score (nSPS) is 15.1. The second-order valence-electron chi connectivity index (χ2n) is 7.76. The van der Waals surface area contributed by atoms with E-state index in [1.54, 1.807) is 7.11 Å². The highest BCUT2D eigenvalue weighted by molar-refractivity contribution is 5.84. The summed E-state index contributed by atoms with van der Waals surface area (Å²) in [4.78, 5) is 17.3. The summed E-state index contributed by atoms with van der Waals surface area (Å²) in [6.07, 6.45) is -0.796. The van der Waals surface area contributed by atoms with Crippen LogP contribution >= 0.6 is 0 Å². The van der Waals surface area contributed by atoms with E-state index in [9.17, 15) is 4.79 Å². The van der Waals surface area contributed by atoms with Gasteiger partial charge in [0.15, 0.2) is 0 Å². The lowest BCUT2D eigenvalue weighted by molar-refractivity contribution is 0.0773. The molecule has 1 saturated heterocycles. The number of anilines is 2. The van der Waals surface area contributed by atoms with E-state index in [2.05, 4.69) is 21.2 Å². The lowest BCUT2D eigenvalue weighted by Crippen LogP contribution is -2.48. The Hall–Kier alpha value is -3.51. The molecule has 6 heteroatoms. The number of carbonyl (C=O) groups excluding carboxylic acids is 1. The Kier molecular flexibility index (Phi) is 7.25. The molecule has 6 nitrogen and oxygen atoms in total. The van der Waals surface area contributed by atoms with Gasteiger partial charge >= 0.3 is 6.09 Å². The summed E-state index contributed by atoms with van der Waals surface area (Å²) in [5.74, 6) is 0.893. The molecule has 1 heterocycles. The Morgan fingerprint density at radius 3 is 2.19 bits per heavy atom. The Labute approximate surface area is 189 Å². The standard InChI is InChI=1S/C26H29N3O3/c1-31-24-15-9-8-14-23(24)29-18-16-28(17-19-29)20-25(21-10-4-2-5-11-21)32-26(30)27-22-12-6-3-7-13-22/h2-15,25H,16-20H2,1H3,(H,27,30). The first kappa shape index (κ1) is 21.7. The van der Waals surface area contributed by atoms with Crippen LogP contribution in [0.1, 0.15) is 11.7 Å². The van der Waals surface area contributed by atoms with Crippen molar-refractivity contribution in [3.63, 3.8) is 0 Å². The molecular formula is C26H29N3O3. The number of carbonyl (C=O) groups is 1. The van der Waals surface area contributed by atoms with Crippen molar-refractivity contribution in [3.8, 4) is 5.75 Å². The SMILES string of the molecule is COc1ccccc1N1CCN(CC(OC(=O)Nc2ccccc2)c2ccccc2)CC1. The highest BCUT2D eigenvalue weighted by Gasteiger charge is 2.25. The summed E-state index contributed by atoms with van der Waals surface area (Å²) >= 11 is 0. The molecule has 0 aliphatic carbocycles. The molecule has 1 N–H and O–H groups in total. The van der Waals surface area contributed by atoms with Crippen LogP contribution in [0.5, 0.6) is 5.75 Å². The number of nitrogens with zero attached hydrogens (tertiary/aromatic N) is 2. The van der Waals surface area contributed by atoms with Crippen molar-refractivity contribution in [3.05, 3.63) is 90.5 Å². The van der Waals surface area contributed by atoms with Gasteiger partial charge in [0.25, 0.3) is 0 Å². The van der Waals surface area contributed by atoms with E-state index in [1.807, 2.05) is 78.9 Å². The van der Waals surface area contributed by atoms with Crippen LogP contribution in [-0.2, 0) is 4.74 Å². The van der Waals surface area contributed by atoms with Crippen molar-refractivity contribution in [1.82, 2.24) is 4.90 Å². The number of para-hydroxylation sites is 3. The molecule has 3 aromatic rings. The molecule has 0 spiro atoms. The van der Waals surface area contributed by atoms with E-state index >= 15 is 0 Å². The molecule has 3 aromatic carbocycles. The molecule has 0 radical (unpaired) electrons. The van der Waals surface area contributed by atoms with Gasteiger partial charge in [-0.25, -0.2) is 4.79 Å². The van der Waals surface area contributed by atoms with Gasteiger partial charge < -0.3 is 14.4 Å². The Morgan fingerprint density at radius 1 is 0.875 bits per heavy atom. The van der Waals surface area contributed by atoms with Crippen LogP contribution in [-0.4, -0.2) is 50.8 Å². The second-order valence-corrected chi connectivity index (χ2v) is 7.76. The summed E-state index contributed by atoms with van der Waals surface area (Å²) < 4.78 is 11.4. The third kappa shape index (κ3) is 5.59. The first-order chi connectivity index (χ1) is 15.7. The van der Waals surface area contributed by atoms with E-state index in [0.29, 0.717) is 6.54 Å². The monoisotopic (exact) mass is 431 g/mol. The van der Waals surface area contributed by atoms with Crippen molar-refractivity contribution in [2.24, 2.45) is 0 Å². The summed E-state index contributed by atoms with van der Waals surface area (Å²) in [7, 11) is 1.71. The van der Waals surface area contributed by atoms with Gasteiger partial charge in [-0.1, -0.05) is 60.7 Å². The quantitative estimate of drug-likeness (QED) is 0.582. The molecule has 1 fully saturated rings. The number of nitrogens with one attached hydrogen (secondary N) is 1. The number of ether oxygens (including phenoxy) is 2. The van der Waals surface area contributed by atoms with Crippen molar-refractivity contribution in [2.75, 3.05) is 50.1 Å². The third-order valence-corrected chi connectivity index (χ3v) is 5.66. The number of hydrogen-bond acceptors (Lipinski definition) is 5. The number of piperazine rings is 1. The van der Waals surface area contributed by atoms with Crippen LogP contribution in [0.25, 0.3) is 0 Å². The molecular weight excluding hydrogens is 402 g/mol. The highest BCUT2D eigenvalue weighted by atomic mass is 16.6. The lowest BCUT2D eigenvalue weighted by atomic mass is 10.1. The van der Waals surface area contributed by atoms with Crippen LogP contribution in [0.3, 0.4) is 0 Å². The van der Waals surface area contributed by atoms with Crippen molar-refractivity contribution in [1.29, 1.82) is 0 Å². The minimum Gasteiger partial charge on any atom is -0.495 e. The van der Waals surface area contributed by atoms with Gasteiger partial charge in [-0.05, 0) is 29.8 Å². The largest absolute Gasteiger partial charge is 0.495 e. The molecule has 166 valence electrons. The molecule has 0 aromatic heterocycles. The van der Waals surface area contributed by atoms with E-state index in [0.717, 1.165) is 48.9 Å². The maximum absolute atomic E-state index is 12.6. The zero-order valence-electron chi connectivity index (χ0n) is 18.3. The molecule has 1 aliphatic heterocycles. The van der Waals surface area contributed by atoms with E-state index in [4.69, 9.17) is 9.47 Å². The zero-order chi connectivity index (χ0) is 22.2. The van der Waals surface area contributed by atoms with E-state index in [-0.39, 0.29) is 6.10 Å². The minimum absolute atomic E-state index is 0.349. The van der Waals surface area contributed by atoms with Crippen molar-refractivity contribution < 1.29 is 14.3 Å². The highest BCUT2D eigenvalue weighted by Crippen LogP contribution is 2.29. The Bertz CT molecular complexity index is 989. The molecule has 1 amide bonds. The fourth-order valence-corrected chi connectivity index (χ4v) is 3.97. The number of methoxy groups -OCH3 is 1. The number of rotatable bonds is 7. The number of hydrogen-bond donors (Lipinski definition) is 1. The molecule has 1 aliphatic rings. The molecule has 4 rings (SSSR count). The van der Waals surface area contributed by atoms with E-state index < -0.39 is 6.09 Å². The maximum Gasteiger partial charge on any atom is 0.412 e. The average molecular weight is 432 g/mol. The average Bonchev–Trinajstić information content (AvgIpc) is 2.85. The van der Waals surface area contributed by atoms with Crippen LogP contribution in [0, 0.1) is 0 Å². The molecule has 0 saturated carbocycles. The van der Waals surface area contributed by atoms with Crippen molar-refractivity contribution >= 4 is 17.5 Å². The number of amides is 1. The van der Waals surface area contributed by atoms with Crippen LogP contribution in [0.15, 0.2) is 84.9 Å². The lowest BCUT2D eigenvalue weighted by Gasteiger charge is -2.37. The third-order valence-electron chi connectivity index (χ3n) is 5.66. The molecule has 32 heavy (non-hydrogen) atoms. The zero-order valence-corrected chi connectivity index (χ0v) is 18.3. The topological polar surface area (TPSA) is 54.0 Å². The molecule has 1 unspecified atom stereocenters. The van der Waals surface area contributed by atoms with Gasteiger partial charge in [0.1, 0.15) is 11.9 Å². The first-order valence-electron chi connectivity index (χ1n) is 10.9. The van der Waals surface area contributed by atoms with Gasteiger partial charge in [0.05, 0.1) is 12.8 Å². The molecule has 1 atom stereocenters. The maximum atomic E-state index is 12.6. The van der Waals surface area contributed by atoms with Gasteiger partial charge in [-0.2, -0.15) is 0 Å². The van der Waals surface area contributed by atoms with Crippen LogP contribution < -0.4 is 15.0 Å². The second kappa shape index (κ2) is 10.7. The van der Waals surface area contributed by atoms with Gasteiger partial charge in [-0.15, -0.1) is 0 Å². The summed E-state index contributed by atoms with van der Waals surface area (Å²) in [5, 5.41) is 2.82. The summed E-state index contributed by atoms with van der Waals surface area (Å²) in [6, 6.07) is 27.4. The fraction of sp³-hybridized carbons (Fsp3) is 0.269. The van der Waals surface area contributed by atoms with Gasteiger partial charge in [0, 0.05) is 38.4 Å². The van der Waals surface area contributed by atoms with Gasteiger partial charge in [0.2, 0.25) is 0 Å². The van der Waals surface area contributed by atoms with Gasteiger partial charge in [-0.3, -0.25) is 10.2 Å². The van der Waals surface area contributed by atoms with Crippen molar-refractivity contribution in [2.45, 2.75) is 6.10 Å². The summed E-state index contributed by atoms with van der Waals surface area (Å²) in [6.45, 7) is 4.18. The van der Waals surface area contributed by atoms with Crippen LogP contribution in [0.4, 0.5) is 16.2 Å². The van der Waals surface area contributed by atoms with E-state index in [1.165, 1.54) is 0 Å². The first-order valence-corrected chi connectivity index (χ1v) is 10.9.